The second-order valence-electron chi connectivity index (χ2n) is 5.87. The van der Waals surface area contributed by atoms with E-state index in [0.29, 0.717) is 0 Å². The quantitative estimate of drug-likeness (QED) is 0.817. The molecular formula is C18H23NO3S. The molecule has 0 bridgehead atoms. The predicted molar refractivity (Wildman–Crippen MR) is 94.2 cm³/mol. The highest BCUT2D eigenvalue weighted by atomic mass is 32.2. The first kappa shape index (κ1) is 17.5. The maximum Gasteiger partial charge on any atom is 0.227 e. The zero-order valence-electron chi connectivity index (χ0n) is 13.8. The van der Waals surface area contributed by atoms with Gasteiger partial charge in [-0.25, -0.2) is 8.42 Å². The highest BCUT2D eigenvalue weighted by Gasteiger charge is 2.21. The number of carbonyl (C=O) groups excluding carboxylic acids is 1. The molecule has 124 valence electrons. The summed E-state index contributed by atoms with van der Waals surface area (Å²) >= 11 is 0. The third-order valence-corrected chi connectivity index (χ3v) is 6.08. The van der Waals surface area contributed by atoms with Crippen molar-refractivity contribution in [2.45, 2.75) is 26.3 Å². The van der Waals surface area contributed by atoms with Crippen LogP contribution in [0.15, 0.2) is 42.5 Å². The molecule has 0 N–H and O–H groups in total. The van der Waals surface area contributed by atoms with Gasteiger partial charge in [-0.2, -0.15) is 0 Å². The van der Waals surface area contributed by atoms with Crippen molar-refractivity contribution in [2.75, 3.05) is 18.6 Å². The van der Waals surface area contributed by atoms with E-state index in [0.717, 1.165) is 16.3 Å². The van der Waals surface area contributed by atoms with E-state index < -0.39 is 9.84 Å². The van der Waals surface area contributed by atoms with Crippen LogP contribution in [0, 0.1) is 0 Å². The average Bonchev–Trinajstić information content (AvgIpc) is 2.54. The van der Waals surface area contributed by atoms with Gasteiger partial charge in [0.05, 0.1) is 12.2 Å². The molecule has 0 fully saturated rings. The topological polar surface area (TPSA) is 54.5 Å². The molecule has 5 heteroatoms. The molecule has 0 aliphatic rings. The van der Waals surface area contributed by atoms with Crippen molar-refractivity contribution in [2.24, 2.45) is 0 Å². The molecule has 0 aliphatic heterocycles. The minimum atomic E-state index is -3.10. The number of amides is 1. The lowest BCUT2D eigenvalue weighted by atomic mass is 10.0. The van der Waals surface area contributed by atoms with E-state index in [4.69, 9.17) is 0 Å². The van der Waals surface area contributed by atoms with Crippen LogP contribution in [0.5, 0.6) is 0 Å². The van der Waals surface area contributed by atoms with Gasteiger partial charge in [-0.15, -0.1) is 0 Å². The van der Waals surface area contributed by atoms with Crippen molar-refractivity contribution in [3.63, 3.8) is 0 Å². The van der Waals surface area contributed by atoms with Gasteiger partial charge >= 0.3 is 0 Å². The Morgan fingerprint density at radius 1 is 1.13 bits per heavy atom. The fraction of sp³-hybridized carbons (Fsp3) is 0.389. The number of sulfone groups is 1. The fourth-order valence-electron chi connectivity index (χ4n) is 2.58. The lowest BCUT2D eigenvalue weighted by Crippen LogP contribution is -2.40. The van der Waals surface area contributed by atoms with Crippen molar-refractivity contribution in [3.8, 4) is 0 Å². The second kappa shape index (κ2) is 7.13. The highest BCUT2D eigenvalue weighted by molar-refractivity contribution is 7.91. The first-order valence-electron chi connectivity index (χ1n) is 7.77. The van der Waals surface area contributed by atoms with Crippen LogP contribution >= 0.6 is 0 Å². The third-order valence-electron chi connectivity index (χ3n) is 4.21. The molecule has 2 aromatic carbocycles. The van der Waals surface area contributed by atoms with Gasteiger partial charge in [0.15, 0.2) is 9.84 Å². The number of fused-ring (bicyclic) bond motifs is 1. The van der Waals surface area contributed by atoms with Crippen molar-refractivity contribution in [3.05, 3.63) is 48.0 Å². The zero-order chi connectivity index (χ0) is 17.0. The monoisotopic (exact) mass is 333 g/mol. The lowest BCUT2D eigenvalue weighted by Gasteiger charge is -2.25. The summed E-state index contributed by atoms with van der Waals surface area (Å²) in [5, 5.41) is 2.16. The third kappa shape index (κ3) is 4.32. The van der Waals surface area contributed by atoms with Gasteiger partial charge < -0.3 is 4.90 Å². The molecule has 4 nitrogen and oxygen atoms in total. The lowest BCUT2D eigenvalue weighted by molar-refractivity contribution is -0.130. The van der Waals surface area contributed by atoms with Gasteiger partial charge in [0.25, 0.3) is 0 Å². The molecule has 0 heterocycles. The zero-order valence-corrected chi connectivity index (χ0v) is 14.6. The Morgan fingerprint density at radius 3 is 2.48 bits per heavy atom. The Balaban J connectivity index is 2.14. The molecule has 0 saturated heterocycles. The molecule has 23 heavy (non-hydrogen) atoms. The van der Waals surface area contributed by atoms with Gasteiger partial charge in [-0.1, -0.05) is 49.4 Å². The Hall–Kier alpha value is -1.88. The number of rotatable bonds is 6. The number of carbonyl (C=O) groups is 1. The van der Waals surface area contributed by atoms with E-state index in [1.165, 1.54) is 4.90 Å². The van der Waals surface area contributed by atoms with Crippen molar-refractivity contribution < 1.29 is 13.2 Å². The average molecular weight is 333 g/mol. The summed E-state index contributed by atoms with van der Waals surface area (Å²) in [6.07, 6.45) is 0.272. The summed E-state index contributed by atoms with van der Waals surface area (Å²) in [6.45, 7) is 3.40. The van der Waals surface area contributed by atoms with E-state index in [1.807, 2.05) is 42.5 Å². The number of hydrogen-bond acceptors (Lipinski definition) is 3. The van der Waals surface area contributed by atoms with E-state index >= 15 is 0 Å². The van der Waals surface area contributed by atoms with Crippen molar-refractivity contribution in [1.82, 2.24) is 4.90 Å². The van der Waals surface area contributed by atoms with E-state index in [9.17, 15) is 13.2 Å². The maximum atomic E-state index is 12.5. The van der Waals surface area contributed by atoms with Gasteiger partial charge in [0, 0.05) is 18.8 Å². The molecular weight excluding hydrogens is 310 g/mol. The summed E-state index contributed by atoms with van der Waals surface area (Å²) in [5.74, 6) is 0.0319. The van der Waals surface area contributed by atoms with Crippen molar-refractivity contribution >= 4 is 26.5 Å². The molecule has 0 aliphatic carbocycles. The largest absolute Gasteiger partial charge is 0.342 e. The standard InChI is InChI=1S/C18H23NO3S/c1-4-23(21,22)13-14(2)19(3)18(20)12-16-10-7-9-15-8-5-6-11-17(15)16/h5-11,14H,4,12-13H2,1-3H3. The van der Waals surface area contributed by atoms with Gasteiger partial charge in [-0.3, -0.25) is 4.79 Å². The molecule has 2 rings (SSSR count). The van der Waals surface area contributed by atoms with Crippen molar-refractivity contribution in [1.29, 1.82) is 0 Å². The number of hydrogen-bond donors (Lipinski definition) is 0. The summed E-state index contributed by atoms with van der Waals surface area (Å²) in [7, 11) is -1.43. The minimum absolute atomic E-state index is 0.00127. The Labute approximate surface area is 138 Å². The first-order chi connectivity index (χ1) is 10.8. The maximum absolute atomic E-state index is 12.5. The molecule has 0 aromatic heterocycles. The van der Waals surface area contributed by atoms with Crippen LogP contribution in [-0.4, -0.2) is 43.8 Å². The van der Waals surface area contributed by atoms with E-state index in [-0.39, 0.29) is 29.9 Å². The van der Waals surface area contributed by atoms with Crippen LogP contribution in [0.4, 0.5) is 0 Å². The van der Waals surface area contributed by atoms with Gasteiger partial charge in [-0.05, 0) is 23.3 Å². The molecule has 0 spiro atoms. The smallest absolute Gasteiger partial charge is 0.227 e. The highest BCUT2D eigenvalue weighted by Crippen LogP contribution is 2.19. The molecule has 1 unspecified atom stereocenters. The number of nitrogens with zero attached hydrogens (tertiary/aromatic N) is 1. The van der Waals surface area contributed by atoms with Crippen LogP contribution in [0.1, 0.15) is 19.4 Å². The molecule has 2 aromatic rings. The Kier molecular flexibility index (Phi) is 5.42. The SMILES string of the molecule is CCS(=O)(=O)CC(C)N(C)C(=O)Cc1cccc2ccccc12. The summed E-state index contributed by atoms with van der Waals surface area (Å²) in [4.78, 5) is 14.0. The van der Waals surface area contributed by atoms with Gasteiger partial charge in [0.1, 0.15) is 0 Å². The predicted octanol–water partition coefficient (Wildman–Crippen LogP) is 2.66. The van der Waals surface area contributed by atoms with E-state index in [1.54, 1.807) is 20.9 Å². The minimum Gasteiger partial charge on any atom is -0.342 e. The first-order valence-corrected chi connectivity index (χ1v) is 9.59. The molecule has 0 saturated carbocycles. The second-order valence-corrected chi connectivity index (χ2v) is 8.27. The van der Waals surface area contributed by atoms with E-state index in [2.05, 4.69) is 0 Å². The van der Waals surface area contributed by atoms with Crippen LogP contribution < -0.4 is 0 Å². The summed E-state index contributed by atoms with van der Waals surface area (Å²) < 4.78 is 23.5. The Bertz CT molecular complexity index is 794. The molecule has 1 atom stereocenters. The Morgan fingerprint density at radius 2 is 1.78 bits per heavy atom. The fourth-order valence-corrected chi connectivity index (χ4v) is 3.77. The molecule has 1 amide bonds. The van der Waals surface area contributed by atoms with Crippen LogP contribution in [-0.2, 0) is 21.1 Å². The number of likely N-dealkylation sites (N-methyl/N-ethyl adjacent to an activating group) is 1. The van der Waals surface area contributed by atoms with Crippen LogP contribution in [0.2, 0.25) is 0 Å². The van der Waals surface area contributed by atoms with Crippen LogP contribution in [0.25, 0.3) is 10.8 Å². The normalized spacial score (nSPS) is 13.0. The summed E-state index contributed by atoms with van der Waals surface area (Å²) in [6, 6.07) is 13.5. The number of benzene rings is 2. The van der Waals surface area contributed by atoms with Gasteiger partial charge in [0.2, 0.25) is 5.91 Å². The van der Waals surface area contributed by atoms with Crippen LogP contribution in [0.3, 0.4) is 0 Å². The molecule has 0 radical (unpaired) electrons. The summed E-state index contributed by atoms with van der Waals surface area (Å²) in [5.41, 5.74) is 0.963.